The molecule has 1 rings (SSSR count). The summed E-state index contributed by atoms with van der Waals surface area (Å²) < 4.78 is 39.3. The van der Waals surface area contributed by atoms with Gasteiger partial charge in [-0.15, -0.1) is 0 Å². The first-order chi connectivity index (χ1) is 8.90. The summed E-state index contributed by atoms with van der Waals surface area (Å²) in [5.74, 6) is -0.986. The fraction of sp³-hybridized carbons (Fsp3) is 0.333. The molecule has 1 aromatic carbocycles. The molecule has 0 aliphatic heterocycles. The van der Waals surface area contributed by atoms with Crippen molar-refractivity contribution in [2.24, 2.45) is 5.11 Å². The normalized spacial score (nSPS) is 11.1. The smallest absolute Gasteiger partial charge is 0.211 e. The van der Waals surface area contributed by atoms with Crippen LogP contribution in [0.3, 0.4) is 0 Å². The van der Waals surface area contributed by atoms with Crippen molar-refractivity contribution in [3.63, 3.8) is 0 Å². The largest absolute Gasteiger partial charge is 0.242 e. The molecule has 0 aromatic heterocycles. The van der Waals surface area contributed by atoms with Crippen LogP contribution in [0, 0.1) is 5.82 Å². The van der Waals surface area contributed by atoms with Gasteiger partial charge >= 0.3 is 0 Å². The van der Waals surface area contributed by atoms with Gasteiger partial charge in [-0.25, -0.2) is 17.5 Å². The van der Waals surface area contributed by atoms with Crippen LogP contribution in [0.1, 0.15) is 6.42 Å². The molecule has 19 heavy (non-hydrogen) atoms. The van der Waals surface area contributed by atoms with E-state index in [-0.39, 0.29) is 23.0 Å². The molecule has 6 nitrogen and oxygen atoms in total. The van der Waals surface area contributed by atoms with Crippen LogP contribution < -0.4 is 4.72 Å². The highest BCUT2D eigenvalue weighted by Gasteiger charge is 2.21. The summed E-state index contributed by atoms with van der Waals surface area (Å²) in [5.41, 5.74) is 8.04. The van der Waals surface area contributed by atoms with E-state index >= 15 is 0 Å². The monoisotopic (exact) mass is 326 g/mol. The number of rotatable bonds is 6. The summed E-state index contributed by atoms with van der Waals surface area (Å²) in [6, 6.07) is 2.22. The Kier molecular flexibility index (Phi) is 5.84. The number of azide groups is 1. The third-order valence-electron chi connectivity index (χ3n) is 2.08. The number of halogens is 3. The van der Waals surface area contributed by atoms with Gasteiger partial charge in [-0.2, -0.15) is 0 Å². The average molecular weight is 327 g/mol. The van der Waals surface area contributed by atoms with Crippen molar-refractivity contribution >= 4 is 33.2 Å². The van der Waals surface area contributed by atoms with Gasteiger partial charge in [-0.05, 0) is 24.1 Å². The van der Waals surface area contributed by atoms with E-state index in [0.29, 0.717) is 6.42 Å². The van der Waals surface area contributed by atoms with Crippen LogP contribution in [0.15, 0.2) is 22.1 Å². The summed E-state index contributed by atoms with van der Waals surface area (Å²) in [5, 5.41) is 2.43. The molecule has 0 saturated carbocycles. The molecular formula is C9H9Cl2FN4O2S. The van der Waals surface area contributed by atoms with E-state index in [1.165, 1.54) is 0 Å². The van der Waals surface area contributed by atoms with Crippen LogP contribution in [0.4, 0.5) is 4.39 Å². The predicted molar refractivity (Wildman–Crippen MR) is 70.2 cm³/mol. The molecule has 1 aromatic rings. The Balaban J connectivity index is 2.83. The zero-order valence-electron chi connectivity index (χ0n) is 9.48. The molecule has 0 atom stereocenters. The van der Waals surface area contributed by atoms with Crippen LogP contribution in [0.2, 0.25) is 10.0 Å². The number of nitrogens with zero attached hydrogens (tertiary/aromatic N) is 3. The zero-order chi connectivity index (χ0) is 14.5. The van der Waals surface area contributed by atoms with Gasteiger partial charge in [0.1, 0.15) is 4.90 Å². The highest BCUT2D eigenvalue weighted by molar-refractivity contribution is 7.89. The summed E-state index contributed by atoms with van der Waals surface area (Å²) >= 11 is 11.1. The van der Waals surface area contributed by atoms with Crippen LogP contribution in [-0.4, -0.2) is 21.5 Å². The van der Waals surface area contributed by atoms with Crippen molar-refractivity contribution in [3.05, 3.63) is 38.4 Å². The molecule has 0 heterocycles. The van der Waals surface area contributed by atoms with Crippen LogP contribution in [-0.2, 0) is 10.0 Å². The average Bonchev–Trinajstić information content (AvgIpc) is 2.35. The van der Waals surface area contributed by atoms with E-state index in [1.807, 2.05) is 0 Å². The lowest BCUT2D eigenvalue weighted by Crippen LogP contribution is -2.25. The maximum absolute atomic E-state index is 13.4. The fourth-order valence-corrected chi connectivity index (χ4v) is 3.01. The van der Waals surface area contributed by atoms with Gasteiger partial charge in [-0.1, -0.05) is 28.3 Å². The van der Waals surface area contributed by atoms with Crippen molar-refractivity contribution in [1.29, 1.82) is 0 Å². The number of hydrogen-bond acceptors (Lipinski definition) is 3. The Morgan fingerprint density at radius 2 is 2.11 bits per heavy atom. The molecule has 0 aliphatic rings. The second-order valence-corrected chi connectivity index (χ2v) is 5.90. The Morgan fingerprint density at radius 1 is 1.42 bits per heavy atom. The van der Waals surface area contributed by atoms with Crippen LogP contribution >= 0.6 is 23.2 Å². The van der Waals surface area contributed by atoms with Gasteiger partial charge in [0.2, 0.25) is 10.0 Å². The first-order valence-electron chi connectivity index (χ1n) is 5.04. The number of benzene rings is 1. The van der Waals surface area contributed by atoms with E-state index in [2.05, 4.69) is 14.7 Å². The SMILES string of the molecule is [N-]=[N+]=NCCCNS(=O)(=O)c1ccc(Cl)c(F)c1Cl. The molecule has 0 aliphatic carbocycles. The van der Waals surface area contributed by atoms with Crippen LogP contribution in [0.5, 0.6) is 0 Å². The molecule has 0 amide bonds. The highest BCUT2D eigenvalue weighted by Crippen LogP contribution is 2.29. The lowest BCUT2D eigenvalue weighted by atomic mass is 10.3. The Bertz CT molecular complexity index is 617. The zero-order valence-corrected chi connectivity index (χ0v) is 11.8. The van der Waals surface area contributed by atoms with E-state index in [4.69, 9.17) is 28.7 Å². The third kappa shape index (κ3) is 4.22. The minimum atomic E-state index is -3.93. The van der Waals surface area contributed by atoms with Crippen molar-refractivity contribution in [2.45, 2.75) is 11.3 Å². The van der Waals surface area contributed by atoms with Crippen molar-refractivity contribution in [2.75, 3.05) is 13.1 Å². The van der Waals surface area contributed by atoms with Gasteiger partial charge in [0.15, 0.2) is 5.82 Å². The molecule has 10 heteroatoms. The van der Waals surface area contributed by atoms with Gasteiger partial charge < -0.3 is 0 Å². The molecule has 0 fully saturated rings. The summed E-state index contributed by atoms with van der Waals surface area (Å²) in [6.07, 6.45) is 0.316. The van der Waals surface area contributed by atoms with E-state index < -0.39 is 20.9 Å². The maximum atomic E-state index is 13.4. The molecule has 0 unspecified atom stereocenters. The number of sulfonamides is 1. The summed E-state index contributed by atoms with van der Waals surface area (Å²) in [7, 11) is -3.93. The second-order valence-electron chi connectivity index (χ2n) is 3.38. The van der Waals surface area contributed by atoms with Crippen LogP contribution in [0.25, 0.3) is 10.4 Å². The second kappa shape index (κ2) is 6.93. The highest BCUT2D eigenvalue weighted by atomic mass is 35.5. The van der Waals surface area contributed by atoms with Crippen molar-refractivity contribution in [3.8, 4) is 0 Å². The van der Waals surface area contributed by atoms with E-state index in [9.17, 15) is 12.8 Å². The van der Waals surface area contributed by atoms with Gasteiger partial charge in [-0.3, -0.25) is 0 Å². The molecule has 0 radical (unpaired) electrons. The lowest BCUT2D eigenvalue weighted by Gasteiger charge is -2.08. The molecule has 104 valence electrons. The van der Waals surface area contributed by atoms with Crippen molar-refractivity contribution in [1.82, 2.24) is 4.72 Å². The quantitative estimate of drug-likeness (QED) is 0.286. The first kappa shape index (κ1) is 16.0. The lowest BCUT2D eigenvalue weighted by molar-refractivity contribution is 0.576. The molecule has 0 saturated heterocycles. The minimum absolute atomic E-state index is 0.0436. The van der Waals surface area contributed by atoms with Gasteiger partial charge in [0.05, 0.1) is 10.0 Å². The molecule has 0 bridgehead atoms. The summed E-state index contributed by atoms with van der Waals surface area (Å²) in [4.78, 5) is 2.14. The van der Waals surface area contributed by atoms with E-state index in [0.717, 1.165) is 12.1 Å². The van der Waals surface area contributed by atoms with Gasteiger partial charge in [0.25, 0.3) is 0 Å². The Labute approximate surface area is 119 Å². The fourth-order valence-electron chi connectivity index (χ4n) is 1.19. The Morgan fingerprint density at radius 3 is 2.74 bits per heavy atom. The summed E-state index contributed by atoms with van der Waals surface area (Å²) in [6.45, 7) is 0.198. The molecule has 0 spiro atoms. The number of hydrogen-bond donors (Lipinski definition) is 1. The molecular weight excluding hydrogens is 318 g/mol. The topological polar surface area (TPSA) is 94.9 Å². The maximum Gasteiger partial charge on any atom is 0.242 e. The van der Waals surface area contributed by atoms with Crippen molar-refractivity contribution < 1.29 is 12.8 Å². The predicted octanol–water partition coefficient (Wildman–Crippen LogP) is 3.11. The van der Waals surface area contributed by atoms with E-state index in [1.54, 1.807) is 0 Å². The first-order valence-corrected chi connectivity index (χ1v) is 7.28. The van der Waals surface area contributed by atoms with Gasteiger partial charge in [0, 0.05) is 18.0 Å². The Hall–Kier alpha value is -1.05. The standard InChI is InChI=1S/C9H9Cl2FN4O2S/c10-6-2-3-7(8(11)9(6)12)19(17,18)15-5-1-4-14-16-13/h2-3,15H,1,4-5H2. The molecule has 1 N–H and O–H groups in total. The minimum Gasteiger partial charge on any atom is -0.211 e. The third-order valence-corrected chi connectivity index (χ3v) is 4.36. The number of nitrogens with one attached hydrogen (secondary N) is 1.